The minimum Gasteiger partial charge on any atom is -0.394 e. The zero-order valence-electron chi connectivity index (χ0n) is 14.5. The van der Waals surface area contributed by atoms with E-state index >= 15 is 0 Å². The first kappa shape index (κ1) is 17.4. The Morgan fingerprint density at radius 3 is 1.65 bits per heavy atom. The van der Waals surface area contributed by atoms with Crippen molar-refractivity contribution in [2.45, 2.75) is 53.5 Å². The van der Waals surface area contributed by atoms with Crippen molar-refractivity contribution in [3.8, 4) is 0 Å². The van der Waals surface area contributed by atoms with Crippen molar-refractivity contribution >= 4 is 13.7 Å². The Balaban J connectivity index is 3.65. The van der Waals surface area contributed by atoms with Gasteiger partial charge in [-0.1, -0.05) is 45.4 Å². The van der Waals surface area contributed by atoms with Crippen molar-refractivity contribution in [2.75, 3.05) is 14.2 Å². The lowest BCUT2D eigenvalue weighted by molar-refractivity contribution is 0.207. The molecule has 0 aliphatic rings. The van der Waals surface area contributed by atoms with Crippen molar-refractivity contribution in [3.05, 3.63) is 28.8 Å². The quantitative estimate of drug-likeness (QED) is 0.765. The lowest BCUT2D eigenvalue weighted by atomic mass is 9.99. The first-order valence-electron chi connectivity index (χ1n) is 7.32. The molecule has 114 valence electrons. The monoisotopic (exact) mass is 294 g/mol. The third-order valence-electron chi connectivity index (χ3n) is 4.87. The Morgan fingerprint density at radius 1 is 0.950 bits per heavy atom. The zero-order valence-corrected chi connectivity index (χ0v) is 15.5. The number of rotatable bonds is 5. The summed E-state index contributed by atoms with van der Waals surface area (Å²) in [5, 5.41) is 1.29. The molecule has 0 saturated carbocycles. The standard InChI is InChI=1S/C17H30O2Si/c1-12(2)17(6,7)20(18-8,19-9)16-14(4)10-13(3)11-15(16)5/h10-12H,1-9H3. The Hall–Kier alpha value is -0.643. The van der Waals surface area contributed by atoms with E-state index in [4.69, 9.17) is 8.85 Å². The topological polar surface area (TPSA) is 18.5 Å². The number of hydrogen-bond donors (Lipinski definition) is 0. The predicted octanol–water partition coefficient (Wildman–Crippen LogP) is 3.99. The molecular formula is C17H30O2Si. The summed E-state index contributed by atoms with van der Waals surface area (Å²) in [5.74, 6) is 0.481. The number of aryl methyl sites for hydroxylation is 3. The van der Waals surface area contributed by atoms with Crippen LogP contribution in [0.3, 0.4) is 0 Å². The van der Waals surface area contributed by atoms with Gasteiger partial charge in [0.05, 0.1) is 0 Å². The summed E-state index contributed by atoms with van der Waals surface area (Å²) >= 11 is 0. The lowest BCUT2D eigenvalue weighted by Gasteiger charge is -2.45. The molecule has 1 aromatic rings. The molecule has 0 radical (unpaired) electrons. The van der Waals surface area contributed by atoms with Gasteiger partial charge in [0.1, 0.15) is 0 Å². The summed E-state index contributed by atoms with van der Waals surface area (Å²) in [7, 11) is 1.09. The van der Waals surface area contributed by atoms with Crippen LogP contribution >= 0.6 is 0 Å². The number of benzene rings is 1. The second-order valence-corrected chi connectivity index (χ2v) is 10.5. The molecule has 0 saturated heterocycles. The van der Waals surface area contributed by atoms with Gasteiger partial charge in [-0.15, -0.1) is 0 Å². The van der Waals surface area contributed by atoms with Crippen molar-refractivity contribution in [1.82, 2.24) is 0 Å². The lowest BCUT2D eigenvalue weighted by Crippen LogP contribution is -2.63. The fourth-order valence-electron chi connectivity index (χ4n) is 3.21. The Bertz CT molecular complexity index is 451. The first-order valence-corrected chi connectivity index (χ1v) is 9.14. The van der Waals surface area contributed by atoms with Crippen LogP contribution in [0.1, 0.15) is 44.4 Å². The fourth-order valence-corrected chi connectivity index (χ4v) is 7.43. The van der Waals surface area contributed by atoms with Crippen LogP contribution in [-0.2, 0) is 8.85 Å². The molecule has 1 aromatic carbocycles. The molecular weight excluding hydrogens is 264 g/mol. The fraction of sp³-hybridized carbons (Fsp3) is 0.647. The van der Waals surface area contributed by atoms with E-state index < -0.39 is 8.56 Å². The zero-order chi connectivity index (χ0) is 15.7. The molecule has 0 heterocycles. The molecule has 20 heavy (non-hydrogen) atoms. The van der Waals surface area contributed by atoms with E-state index in [1.165, 1.54) is 21.9 Å². The minimum absolute atomic E-state index is 0.0126. The highest BCUT2D eigenvalue weighted by Crippen LogP contribution is 2.45. The normalized spacial score (nSPS) is 13.1. The van der Waals surface area contributed by atoms with Crippen molar-refractivity contribution < 1.29 is 8.85 Å². The van der Waals surface area contributed by atoms with Crippen molar-refractivity contribution in [3.63, 3.8) is 0 Å². The molecule has 0 N–H and O–H groups in total. The summed E-state index contributed by atoms with van der Waals surface area (Å²) in [6, 6.07) is 4.47. The highest BCUT2D eigenvalue weighted by molar-refractivity contribution is 6.84. The van der Waals surface area contributed by atoms with E-state index in [1.807, 2.05) is 0 Å². The van der Waals surface area contributed by atoms with E-state index in [-0.39, 0.29) is 5.04 Å². The van der Waals surface area contributed by atoms with Crippen LogP contribution < -0.4 is 5.19 Å². The van der Waals surface area contributed by atoms with Gasteiger partial charge in [0, 0.05) is 24.4 Å². The molecule has 0 bridgehead atoms. The summed E-state index contributed by atoms with van der Waals surface area (Å²) < 4.78 is 12.2. The molecule has 0 spiro atoms. The van der Waals surface area contributed by atoms with Crippen LogP contribution in [-0.4, -0.2) is 22.8 Å². The molecule has 1 rings (SSSR count). The van der Waals surface area contributed by atoms with Crippen LogP contribution in [0.25, 0.3) is 0 Å². The van der Waals surface area contributed by atoms with Gasteiger partial charge in [0.25, 0.3) is 0 Å². The van der Waals surface area contributed by atoms with E-state index in [2.05, 4.69) is 60.6 Å². The maximum atomic E-state index is 6.12. The Morgan fingerprint density at radius 2 is 1.35 bits per heavy atom. The first-order chi connectivity index (χ1) is 9.14. The number of hydrogen-bond acceptors (Lipinski definition) is 2. The maximum absolute atomic E-state index is 6.12. The van der Waals surface area contributed by atoms with Gasteiger partial charge >= 0.3 is 8.56 Å². The largest absolute Gasteiger partial charge is 0.394 e. The van der Waals surface area contributed by atoms with Gasteiger partial charge in [-0.05, 0) is 37.8 Å². The highest BCUT2D eigenvalue weighted by Gasteiger charge is 2.55. The van der Waals surface area contributed by atoms with E-state index in [9.17, 15) is 0 Å². The molecule has 3 heteroatoms. The summed E-state index contributed by atoms with van der Waals surface area (Å²) in [4.78, 5) is 0. The van der Waals surface area contributed by atoms with E-state index in [0.29, 0.717) is 5.92 Å². The third kappa shape index (κ3) is 2.59. The van der Waals surface area contributed by atoms with Gasteiger partial charge in [0.2, 0.25) is 0 Å². The minimum atomic E-state index is -2.52. The summed E-state index contributed by atoms with van der Waals surface area (Å²) in [6.45, 7) is 15.5. The second-order valence-electron chi connectivity index (χ2n) is 6.67. The van der Waals surface area contributed by atoms with Crippen LogP contribution in [0.4, 0.5) is 0 Å². The molecule has 0 aliphatic heterocycles. The molecule has 0 aromatic heterocycles. The smallest absolute Gasteiger partial charge is 0.378 e. The van der Waals surface area contributed by atoms with Gasteiger partial charge in [0.15, 0.2) is 0 Å². The van der Waals surface area contributed by atoms with Crippen molar-refractivity contribution in [2.24, 2.45) is 5.92 Å². The van der Waals surface area contributed by atoms with Gasteiger partial charge in [-0.3, -0.25) is 0 Å². The van der Waals surface area contributed by atoms with Crippen LogP contribution in [0, 0.1) is 26.7 Å². The maximum Gasteiger partial charge on any atom is 0.378 e. The predicted molar refractivity (Wildman–Crippen MR) is 88.9 cm³/mol. The Labute approximate surface area is 125 Å². The molecule has 0 fully saturated rings. The summed E-state index contributed by atoms with van der Waals surface area (Å²) in [5.41, 5.74) is 3.86. The average molecular weight is 295 g/mol. The Kier molecular flexibility index (Phi) is 5.22. The van der Waals surface area contributed by atoms with E-state index in [0.717, 1.165) is 0 Å². The molecule has 0 aliphatic carbocycles. The molecule has 0 amide bonds. The van der Waals surface area contributed by atoms with Crippen LogP contribution in [0.5, 0.6) is 0 Å². The van der Waals surface area contributed by atoms with E-state index in [1.54, 1.807) is 14.2 Å². The van der Waals surface area contributed by atoms with Crippen LogP contribution in [0.2, 0.25) is 5.04 Å². The van der Waals surface area contributed by atoms with Crippen LogP contribution in [0.15, 0.2) is 12.1 Å². The molecule has 2 nitrogen and oxygen atoms in total. The second kappa shape index (κ2) is 6.00. The van der Waals surface area contributed by atoms with Gasteiger partial charge < -0.3 is 8.85 Å². The average Bonchev–Trinajstić information content (AvgIpc) is 2.33. The third-order valence-corrected chi connectivity index (χ3v) is 9.74. The van der Waals surface area contributed by atoms with Gasteiger partial charge in [-0.25, -0.2) is 0 Å². The summed E-state index contributed by atoms with van der Waals surface area (Å²) in [6.07, 6.45) is 0. The molecule has 0 atom stereocenters. The molecule has 0 unspecified atom stereocenters. The van der Waals surface area contributed by atoms with Crippen molar-refractivity contribution in [1.29, 1.82) is 0 Å². The van der Waals surface area contributed by atoms with Gasteiger partial charge in [-0.2, -0.15) is 0 Å². The highest BCUT2D eigenvalue weighted by atomic mass is 28.4. The SMILES string of the molecule is CO[Si](OC)(c1c(C)cc(C)cc1C)C(C)(C)C(C)C.